The van der Waals surface area contributed by atoms with Gasteiger partial charge in [0.1, 0.15) is 0 Å². The molecule has 0 bridgehead atoms. The first-order valence-electron chi connectivity index (χ1n) is 6.59. The van der Waals surface area contributed by atoms with Gasteiger partial charge in [-0.15, -0.1) is 0 Å². The molecule has 0 amide bonds. The van der Waals surface area contributed by atoms with Crippen molar-refractivity contribution in [2.75, 3.05) is 14.2 Å². The van der Waals surface area contributed by atoms with E-state index in [2.05, 4.69) is 0 Å². The molecule has 0 fully saturated rings. The number of rotatable bonds is 4. The molecule has 1 heterocycles. The summed E-state index contributed by atoms with van der Waals surface area (Å²) in [6.07, 6.45) is 0. The van der Waals surface area contributed by atoms with Crippen molar-refractivity contribution in [1.82, 2.24) is 0 Å². The Bertz CT molecular complexity index is 834. The second-order valence-corrected chi connectivity index (χ2v) is 5.10. The van der Waals surface area contributed by atoms with Gasteiger partial charge < -0.3 is 13.9 Å². The van der Waals surface area contributed by atoms with E-state index < -0.39 is 0 Å². The highest BCUT2D eigenvalue weighted by Gasteiger charge is 2.19. The first-order chi connectivity index (χ1) is 10.6. The first kappa shape index (κ1) is 14.5. The molecule has 0 aliphatic heterocycles. The molecule has 4 nitrogen and oxygen atoms in total. The molecule has 0 spiro atoms. The number of furan rings is 1. The minimum absolute atomic E-state index is 0.214. The summed E-state index contributed by atoms with van der Waals surface area (Å²) in [6.45, 7) is 0. The van der Waals surface area contributed by atoms with E-state index in [0.29, 0.717) is 27.7 Å². The van der Waals surface area contributed by atoms with E-state index in [1.54, 1.807) is 43.5 Å². The van der Waals surface area contributed by atoms with Gasteiger partial charge in [0.25, 0.3) is 0 Å². The van der Waals surface area contributed by atoms with E-state index in [1.165, 1.54) is 7.11 Å². The second kappa shape index (κ2) is 5.73. The minimum atomic E-state index is -0.214. The predicted octanol–water partition coefficient (Wildman–Crippen LogP) is 4.33. The number of carbonyl (C=O) groups excluding carboxylic acids is 1. The summed E-state index contributed by atoms with van der Waals surface area (Å²) in [6, 6.07) is 11.9. The Morgan fingerprint density at radius 2 is 1.77 bits per heavy atom. The molecular weight excluding hydrogens is 304 g/mol. The average Bonchev–Trinajstić information content (AvgIpc) is 2.97. The number of halogens is 1. The quantitative estimate of drug-likeness (QED) is 0.672. The van der Waals surface area contributed by atoms with Gasteiger partial charge in [0, 0.05) is 16.0 Å². The molecule has 0 saturated carbocycles. The van der Waals surface area contributed by atoms with Crippen molar-refractivity contribution in [3.05, 3.63) is 58.8 Å². The smallest absolute Gasteiger partial charge is 0.228 e. The Hall–Kier alpha value is -2.46. The van der Waals surface area contributed by atoms with Gasteiger partial charge in [0.15, 0.2) is 17.1 Å². The fourth-order valence-corrected chi connectivity index (χ4v) is 2.39. The maximum atomic E-state index is 12.5. The molecule has 0 aliphatic rings. The van der Waals surface area contributed by atoms with Crippen LogP contribution in [0.25, 0.3) is 11.0 Å². The lowest BCUT2D eigenvalue weighted by Crippen LogP contribution is -1.98. The van der Waals surface area contributed by atoms with Crippen LogP contribution < -0.4 is 9.47 Å². The van der Waals surface area contributed by atoms with Gasteiger partial charge in [-0.1, -0.05) is 11.6 Å². The fourth-order valence-electron chi connectivity index (χ4n) is 2.27. The second-order valence-electron chi connectivity index (χ2n) is 4.67. The Balaban J connectivity index is 2.08. The zero-order chi connectivity index (χ0) is 15.7. The lowest BCUT2D eigenvalue weighted by molar-refractivity contribution is 0.101. The molecule has 22 heavy (non-hydrogen) atoms. The predicted molar refractivity (Wildman–Crippen MR) is 84.2 cm³/mol. The van der Waals surface area contributed by atoms with Crippen LogP contribution in [0.15, 0.2) is 46.9 Å². The molecule has 3 rings (SSSR count). The number of methoxy groups -OCH3 is 2. The van der Waals surface area contributed by atoms with Crippen molar-refractivity contribution in [2.24, 2.45) is 0 Å². The van der Waals surface area contributed by atoms with E-state index in [9.17, 15) is 4.79 Å². The highest BCUT2D eigenvalue weighted by atomic mass is 35.5. The molecule has 2 aromatic carbocycles. The lowest BCUT2D eigenvalue weighted by Gasteiger charge is -2.06. The van der Waals surface area contributed by atoms with Crippen molar-refractivity contribution >= 4 is 28.4 Å². The van der Waals surface area contributed by atoms with Crippen LogP contribution in [0.3, 0.4) is 0 Å². The minimum Gasteiger partial charge on any atom is -0.493 e. The topological polar surface area (TPSA) is 48.7 Å². The van der Waals surface area contributed by atoms with Crippen molar-refractivity contribution in [3.8, 4) is 11.5 Å². The number of benzene rings is 2. The summed E-state index contributed by atoms with van der Waals surface area (Å²) < 4.78 is 16.2. The average molecular weight is 317 g/mol. The number of carbonyl (C=O) groups is 1. The number of ether oxygens (including phenoxy) is 2. The number of ketones is 1. The summed E-state index contributed by atoms with van der Waals surface area (Å²) in [4.78, 5) is 12.5. The molecule has 0 radical (unpaired) electrons. The van der Waals surface area contributed by atoms with E-state index in [1.807, 2.05) is 6.07 Å². The largest absolute Gasteiger partial charge is 0.493 e. The molecular formula is C17H13ClO4. The maximum absolute atomic E-state index is 12.5. The van der Waals surface area contributed by atoms with E-state index >= 15 is 0 Å². The summed E-state index contributed by atoms with van der Waals surface area (Å²) in [5.74, 6) is 1.04. The Morgan fingerprint density at radius 3 is 2.41 bits per heavy atom. The lowest BCUT2D eigenvalue weighted by atomic mass is 10.1. The standard InChI is InChI=1S/C17H13ClO4/c1-20-13-8-5-11-9-14(22-16(11)17(13)21-2)15(19)10-3-6-12(18)7-4-10/h3-9H,1-2H3. The van der Waals surface area contributed by atoms with E-state index in [0.717, 1.165) is 5.39 Å². The normalized spacial score (nSPS) is 10.7. The first-order valence-corrected chi connectivity index (χ1v) is 6.96. The highest BCUT2D eigenvalue weighted by molar-refractivity contribution is 6.30. The van der Waals surface area contributed by atoms with Crippen LogP contribution in [0.2, 0.25) is 5.02 Å². The third-order valence-electron chi connectivity index (χ3n) is 3.36. The van der Waals surface area contributed by atoms with Crippen LogP contribution in [-0.4, -0.2) is 20.0 Å². The molecule has 0 aliphatic carbocycles. The highest BCUT2D eigenvalue weighted by Crippen LogP contribution is 2.37. The van der Waals surface area contributed by atoms with Crippen LogP contribution in [0.4, 0.5) is 0 Å². The molecule has 5 heteroatoms. The van der Waals surface area contributed by atoms with Crippen molar-refractivity contribution in [1.29, 1.82) is 0 Å². The molecule has 1 aromatic heterocycles. The fraction of sp³-hybridized carbons (Fsp3) is 0.118. The molecule has 112 valence electrons. The van der Waals surface area contributed by atoms with Crippen LogP contribution in [-0.2, 0) is 0 Å². The van der Waals surface area contributed by atoms with Gasteiger partial charge >= 0.3 is 0 Å². The van der Waals surface area contributed by atoms with Gasteiger partial charge in [-0.2, -0.15) is 0 Å². The zero-order valence-corrected chi connectivity index (χ0v) is 12.8. The van der Waals surface area contributed by atoms with Crippen LogP contribution in [0.1, 0.15) is 16.1 Å². The Kier molecular flexibility index (Phi) is 3.77. The Morgan fingerprint density at radius 1 is 1.05 bits per heavy atom. The molecule has 3 aromatic rings. The van der Waals surface area contributed by atoms with Crippen molar-refractivity contribution in [2.45, 2.75) is 0 Å². The van der Waals surface area contributed by atoms with E-state index in [-0.39, 0.29) is 11.5 Å². The van der Waals surface area contributed by atoms with Crippen LogP contribution in [0, 0.1) is 0 Å². The summed E-state index contributed by atoms with van der Waals surface area (Å²) in [5.41, 5.74) is 0.994. The van der Waals surface area contributed by atoms with Crippen LogP contribution in [0.5, 0.6) is 11.5 Å². The third kappa shape index (κ3) is 2.42. The van der Waals surface area contributed by atoms with Crippen molar-refractivity contribution in [3.63, 3.8) is 0 Å². The monoisotopic (exact) mass is 316 g/mol. The number of hydrogen-bond donors (Lipinski definition) is 0. The number of hydrogen-bond acceptors (Lipinski definition) is 4. The van der Waals surface area contributed by atoms with Crippen LogP contribution >= 0.6 is 11.6 Å². The Labute approximate surface area is 132 Å². The molecule has 0 atom stereocenters. The van der Waals surface area contributed by atoms with Gasteiger partial charge in [0.05, 0.1) is 14.2 Å². The van der Waals surface area contributed by atoms with Crippen molar-refractivity contribution < 1.29 is 18.7 Å². The van der Waals surface area contributed by atoms with E-state index in [4.69, 9.17) is 25.5 Å². The maximum Gasteiger partial charge on any atom is 0.228 e. The molecule has 0 unspecified atom stereocenters. The van der Waals surface area contributed by atoms with Gasteiger partial charge in [-0.25, -0.2) is 0 Å². The zero-order valence-electron chi connectivity index (χ0n) is 12.1. The SMILES string of the molecule is COc1ccc2cc(C(=O)c3ccc(Cl)cc3)oc2c1OC. The van der Waals surface area contributed by atoms with Gasteiger partial charge in [-0.05, 0) is 42.5 Å². The summed E-state index contributed by atoms with van der Waals surface area (Å²) >= 11 is 5.83. The van der Waals surface area contributed by atoms with Gasteiger partial charge in [0.2, 0.25) is 11.5 Å². The third-order valence-corrected chi connectivity index (χ3v) is 3.61. The summed E-state index contributed by atoms with van der Waals surface area (Å²) in [5, 5.41) is 1.35. The summed E-state index contributed by atoms with van der Waals surface area (Å²) in [7, 11) is 3.08. The number of fused-ring (bicyclic) bond motifs is 1. The molecule has 0 N–H and O–H groups in total. The molecule has 0 saturated heterocycles. The van der Waals surface area contributed by atoms with Gasteiger partial charge in [-0.3, -0.25) is 4.79 Å².